The Bertz CT molecular complexity index is 1280. The number of ether oxygens (including phenoxy) is 1. The Labute approximate surface area is 197 Å². The highest BCUT2D eigenvalue weighted by Gasteiger charge is 2.23. The number of esters is 1. The van der Waals surface area contributed by atoms with Crippen LogP contribution in [-0.4, -0.2) is 39.1 Å². The molecule has 11 heteroatoms. The topological polar surface area (TPSA) is 125 Å². The molecule has 3 N–H and O–H groups in total. The van der Waals surface area contributed by atoms with Gasteiger partial charge in [0.1, 0.15) is 16.3 Å². The first kappa shape index (κ1) is 22.6. The Morgan fingerprint density at radius 1 is 1.21 bits per heavy atom. The fourth-order valence-corrected chi connectivity index (χ4v) is 4.78. The lowest BCUT2D eigenvalue weighted by molar-refractivity contribution is -0.113. The molecule has 0 bridgehead atoms. The van der Waals surface area contributed by atoms with Gasteiger partial charge in [0.2, 0.25) is 11.1 Å². The number of hydrogen-bond acceptors (Lipinski definition) is 9. The first-order valence-corrected chi connectivity index (χ1v) is 11.9. The second-order valence-corrected chi connectivity index (χ2v) is 8.67. The van der Waals surface area contributed by atoms with E-state index in [4.69, 9.17) is 15.0 Å². The minimum atomic E-state index is -0.484. The average molecular weight is 484 g/mol. The summed E-state index contributed by atoms with van der Waals surface area (Å²) in [5, 5.41) is 13.6. The first-order valence-electron chi connectivity index (χ1n) is 10.0. The quantitative estimate of drug-likeness (QED) is 0.217. The Kier molecular flexibility index (Phi) is 6.80. The van der Waals surface area contributed by atoms with Crippen molar-refractivity contribution < 1.29 is 18.7 Å². The number of rotatable bonds is 8. The van der Waals surface area contributed by atoms with Crippen LogP contribution < -0.4 is 11.2 Å². The molecule has 1 amide bonds. The zero-order valence-corrected chi connectivity index (χ0v) is 19.5. The molecule has 0 saturated carbocycles. The summed E-state index contributed by atoms with van der Waals surface area (Å²) in [6.45, 7) is 3.77. The SMILES string of the molecule is CCOC(=O)c1c(-c2ccccc2)csc1NC(=O)CSc1nnc(-c2ccoc2C)n1N. The van der Waals surface area contributed by atoms with Gasteiger partial charge in [0, 0.05) is 10.9 Å². The first-order chi connectivity index (χ1) is 16.0. The maximum Gasteiger partial charge on any atom is 0.341 e. The molecule has 0 unspecified atom stereocenters. The third kappa shape index (κ3) is 4.78. The van der Waals surface area contributed by atoms with Crippen LogP contribution in [0.4, 0.5) is 5.00 Å². The zero-order chi connectivity index (χ0) is 23.4. The number of carbonyl (C=O) groups is 2. The summed E-state index contributed by atoms with van der Waals surface area (Å²) in [5.41, 5.74) is 2.65. The standard InChI is InChI=1S/C22H21N5O4S2/c1-3-30-21(29)18-16(14-7-5-4-6-8-14)11-32-20(18)24-17(28)12-33-22-26-25-19(27(22)23)15-9-10-31-13(15)2/h4-11H,3,12,23H2,1-2H3,(H,24,28). The number of nitrogens with two attached hydrogens (primary N) is 1. The number of aromatic nitrogens is 3. The smallest absolute Gasteiger partial charge is 0.341 e. The van der Waals surface area contributed by atoms with Gasteiger partial charge in [-0.1, -0.05) is 42.1 Å². The number of aryl methyl sites for hydroxylation is 1. The van der Waals surface area contributed by atoms with E-state index in [0.29, 0.717) is 32.9 Å². The van der Waals surface area contributed by atoms with Crippen LogP contribution in [0.3, 0.4) is 0 Å². The number of carbonyl (C=O) groups excluding carboxylic acids is 2. The van der Waals surface area contributed by atoms with Crippen molar-refractivity contribution in [3.8, 4) is 22.5 Å². The largest absolute Gasteiger partial charge is 0.469 e. The molecule has 4 aromatic rings. The highest BCUT2D eigenvalue weighted by molar-refractivity contribution is 7.99. The molecule has 0 saturated heterocycles. The van der Waals surface area contributed by atoms with Crippen molar-refractivity contribution in [1.29, 1.82) is 0 Å². The van der Waals surface area contributed by atoms with Crippen LogP contribution in [0.1, 0.15) is 23.0 Å². The number of nitrogen functional groups attached to an aromatic ring is 1. The van der Waals surface area contributed by atoms with E-state index in [1.54, 1.807) is 26.2 Å². The highest BCUT2D eigenvalue weighted by atomic mass is 32.2. The summed E-state index contributed by atoms with van der Waals surface area (Å²) >= 11 is 2.41. The maximum absolute atomic E-state index is 12.7. The molecular formula is C22H21N5O4S2. The fourth-order valence-electron chi connectivity index (χ4n) is 3.15. The molecule has 1 aromatic carbocycles. The summed E-state index contributed by atoms with van der Waals surface area (Å²) in [6.07, 6.45) is 1.55. The predicted octanol–water partition coefficient (Wildman–Crippen LogP) is 4.20. The van der Waals surface area contributed by atoms with Crippen molar-refractivity contribution in [3.63, 3.8) is 0 Å². The Hall–Kier alpha value is -3.57. The van der Waals surface area contributed by atoms with Gasteiger partial charge in [-0.25, -0.2) is 9.47 Å². The number of amides is 1. The van der Waals surface area contributed by atoms with E-state index < -0.39 is 5.97 Å². The van der Waals surface area contributed by atoms with Gasteiger partial charge < -0.3 is 20.3 Å². The molecule has 9 nitrogen and oxygen atoms in total. The van der Waals surface area contributed by atoms with Crippen LogP contribution in [0.25, 0.3) is 22.5 Å². The second-order valence-electron chi connectivity index (χ2n) is 6.84. The predicted molar refractivity (Wildman–Crippen MR) is 128 cm³/mol. The number of anilines is 1. The molecule has 0 radical (unpaired) electrons. The molecule has 0 aliphatic rings. The summed E-state index contributed by atoms with van der Waals surface area (Å²) in [4.78, 5) is 25.3. The van der Waals surface area contributed by atoms with Crippen LogP contribution in [-0.2, 0) is 9.53 Å². The lowest BCUT2D eigenvalue weighted by Gasteiger charge is -2.09. The average Bonchev–Trinajstić information content (AvgIpc) is 3.51. The van der Waals surface area contributed by atoms with Crippen LogP contribution in [0.5, 0.6) is 0 Å². The minimum Gasteiger partial charge on any atom is -0.469 e. The Morgan fingerprint density at radius 3 is 2.70 bits per heavy atom. The van der Waals surface area contributed by atoms with E-state index in [1.165, 1.54) is 16.0 Å². The van der Waals surface area contributed by atoms with Gasteiger partial charge in [0.05, 0.1) is 24.2 Å². The van der Waals surface area contributed by atoms with E-state index in [2.05, 4.69) is 15.5 Å². The summed E-state index contributed by atoms with van der Waals surface area (Å²) in [6, 6.07) is 11.2. The molecule has 0 aliphatic heterocycles. The lowest BCUT2D eigenvalue weighted by atomic mass is 10.0. The van der Waals surface area contributed by atoms with E-state index in [9.17, 15) is 9.59 Å². The molecule has 0 atom stereocenters. The van der Waals surface area contributed by atoms with Crippen molar-refractivity contribution >= 4 is 40.0 Å². The normalized spacial score (nSPS) is 10.8. The Balaban J connectivity index is 1.49. The lowest BCUT2D eigenvalue weighted by Crippen LogP contribution is -2.17. The van der Waals surface area contributed by atoms with E-state index >= 15 is 0 Å². The molecule has 0 spiro atoms. The van der Waals surface area contributed by atoms with Crippen LogP contribution in [0.15, 0.2) is 57.6 Å². The third-order valence-electron chi connectivity index (χ3n) is 4.70. The van der Waals surface area contributed by atoms with Crippen LogP contribution in [0.2, 0.25) is 0 Å². The number of nitrogens with one attached hydrogen (secondary N) is 1. The molecule has 3 heterocycles. The van der Waals surface area contributed by atoms with Gasteiger partial charge in [-0.05, 0) is 25.5 Å². The van der Waals surface area contributed by atoms with Gasteiger partial charge in [-0.3, -0.25) is 4.79 Å². The van der Waals surface area contributed by atoms with Crippen molar-refractivity contribution in [2.24, 2.45) is 0 Å². The van der Waals surface area contributed by atoms with Crippen molar-refractivity contribution in [2.45, 2.75) is 19.0 Å². The zero-order valence-electron chi connectivity index (χ0n) is 17.9. The Morgan fingerprint density at radius 2 is 2.00 bits per heavy atom. The van der Waals surface area contributed by atoms with E-state index in [0.717, 1.165) is 22.9 Å². The monoisotopic (exact) mass is 483 g/mol. The van der Waals surface area contributed by atoms with Gasteiger partial charge in [0.25, 0.3) is 0 Å². The molecule has 0 fully saturated rings. The number of thiophene rings is 1. The van der Waals surface area contributed by atoms with E-state index in [1.807, 2.05) is 35.7 Å². The van der Waals surface area contributed by atoms with Gasteiger partial charge in [-0.15, -0.1) is 21.5 Å². The molecule has 170 valence electrons. The fraction of sp³-hybridized carbons (Fsp3) is 0.182. The molecule has 4 rings (SSSR count). The number of benzene rings is 1. The second kappa shape index (κ2) is 9.92. The van der Waals surface area contributed by atoms with Crippen LogP contribution >= 0.6 is 23.1 Å². The highest BCUT2D eigenvalue weighted by Crippen LogP contribution is 2.36. The summed E-state index contributed by atoms with van der Waals surface area (Å²) in [5.74, 6) is 6.45. The van der Waals surface area contributed by atoms with Gasteiger partial charge in [-0.2, -0.15) is 0 Å². The molecular weight excluding hydrogens is 462 g/mol. The summed E-state index contributed by atoms with van der Waals surface area (Å²) < 4.78 is 11.8. The minimum absolute atomic E-state index is 0.0283. The van der Waals surface area contributed by atoms with Crippen molar-refractivity contribution in [1.82, 2.24) is 14.9 Å². The maximum atomic E-state index is 12.7. The molecule has 0 aliphatic carbocycles. The number of thioether (sulfide) groups is 1. The van der Waals surface area contributed by atoms with Crippen molar-refractivity contribution in [2.75, 3.05) is 23.5 Å². The number of nitrogens with zero attached hydrogens (tertiary/aromatic N) is 3. The molecule has 33 heavy (non-hydrogen) atoms. The van der Waals surface area contributed by atoms with Crippen molar-refractivity contribution in [3.05, 3.63) is 59.4 Å². The van der Waals surface area contributed by atoms with Gasteiger partial charge in [0.15, 0.2) is 5.82 Å². The molecule has 3 aromatic heterocycles. The number of furan rings is 1. The third-order valence-corrected chi connectivity index (χ3v) is 6.54. The van der Waals surface area contributed by atoms with Crippen LogP contribution in [0, 0.1) is 6.92 Å². The van der Waals surface area contributed by atoms with E-state index in [-0.39, 0.29) is 18.3 Å². The number of hydrogen-bond donors (Lipinski definition) is 2. The van der Waals surface area contributed by atoms with Gasteiger partial charge >= 0.3 is 5.97 Å². The summed E-state index contributed by atoms with van der Waals surface area (Å²) in [7, 11) is 0.